The van der Waals surface area contributed by atoms with Gasteiger partial charge >= 0.3 is 0 Å². The number of hydrogen-bond donors (Lipinski definition) is 0. The zero-order chi connectivity index (χ0) is 26.8. The molecule has 0 radical (unpaired) electrons. The fourth-order valence-corrected chi connectivity index (χ4v) is 4.09. The molecule has 0 amide bonds. The largest absolute Gasteiger partial charge is 0.481 e. The van der Waals surface area contributed by atoms with E-state index in [-0.39, 0.29) is 0 Å². The zero-order valence-corrected chi connectivity index (χ0v) is 22.6. The Hall–Kier alpha value is -3.91. The minimum Gasteiger partial charge on any atom is -0.481 e. The number of hydrogen-bond acceptors (Lipinski definition) is 7. The van der Waals surface area contributed by atoms with E-state index in [9.17, 15) is 4.79 Å². The monoisotopic (exact) mass is 500 g/mol. The van der Waals surface area contributed by atoms with E-state index in [1.54, 1.807) is 19.4 Å². The third kappa shape index (κ3) is 6.46. The predicted molar refractivity (Wildman–Crippen MR) is 147 cm³/mol. The minimum atomic E-state index is 0.333. The standard InChI is InChI=1S/C27H30N6O2.C2H6/c1-5-13-32(14-15-34)18-25-30-31-27(33(25)22-10-12-26(35-4)29-17-22)24-11-9-21(16-28-24)23-8-6-7-19(2)20(23)3;1-2/h6-12,15-17H,5,13-14,18H2,1-4H3;1-2H3. The molecule has 4 aromatic rings. The molecule has 0 unspecified atom stereocenters. The molecular formula is C29H36N6O2. The van der Waals surface area contributed by atoms with Crippen molar-refractivity contribution in [2.24, 2.45) is 0 Å². The third-order valence-corrected chi connectivity index (χ3v) is 6.06. The highest BCUT2D eigenvalue weighted by molar-refractivity contribution is 5.69. The van der Waals surface area contributed by atoms with Gasteiger partial charge in [0.05, 0.1) is 32.1 Å². The van der Waals surface area contributed by atoms with E-state index < -0.39 is 0 Å². The number of aryl methyl sites for hydroxylation is 1. The Morgan fingerprint density at radius 1 is 1.00 bits per heavy atom. The zero-order valence-electron chi connectivity index (χ0n) is 22.6. The molecule has 8 heteroatoms. The molecule has 0 bridgehead atoms. The lowest BCUT2D eigenvalue weighted by atomic mass is 9.98. The average molecular weight is 501 g/mol. The first kappa shape index (κ1) is 27.7. The highest BCUT2D eigenvalue weighted by Crippen LogP contribution is 2.28. The van der Waals surface area contributed by atoms with E-state index in [2.05, 4.69) is 60.2 Å². The number of benzene rings is 1. The van der Waals surface area contributed by atoms with Crippen molar-refractivity contribution in [2.45, 2.75) is 47.6 Å². The molecule has 37 heavy (non-hydrogen) atoms. The van der Waals surface area contributed by atoms with E-state index in [0.29, 0.717) is 36.3 Å². The molecule has 3 aromatic heterocycles. The molecule has 3 heterocycles. The molecule has 0 spiro atoms. The molecule has 0 aliphatic carbocycles. The highest BCUT2D eigenvalue weighted by atomic mass is 16.5. The first-order chi connectivity index (χ1) is 18.0. The Morgan fingerprint density at radius 2 is 1.81 bits per heavy atom. The van der Waals surface area contributed by atoms with Crippen molar-refractivity contribution in [2.75, 3.05) is 20.2 Å². The van der Waals surface area contributed by atoms with Crippen LogP contribution < -0.4 is 4.74 Å². The van der Waals surface area contributed by atoms with Crippen molar-refractivity contribution in [3.05, 3.63) is 71.8 Å². The topological polar surface area (TPSA) is 86.0 Å². The van der Waals surface area contributed by atoms with Crippen LogP contribution in [0.4, 0.5) is 0 Å². The van der Waals surface area contributed by atoms with E-state index in [1.165, 1.54) is 11.1 Å². The van der Waals surface area contributed by atoms with Crippen molar-refractivity contribution in [1.82, 2.24) is 29.6 Å². The number of aldehydes is 1. The molecule has 0 aliphatic rings. The Bertz CT molecular complexity index is 1280. The Labute approximate surface area is 219 Å². The Kier molecular flexibility index (Phi) is 10.0. The lowest BCUT2D eigenvalue weighted by Gasteiger charge is -2.19. The van der Waals surface area contributed by atoms with Crippen LogP contribution in [0.2, 0.25) is 0 Å². The molecular weight excluding hydrogens is 464 g/mol. The van der Waals surface area contributed by atoms with Gasteiger partial charge < -0.3 is 9.53 Å². The average Bonchev–Trinajstić information content (AvgIpc) is 3.35. The number of carbonyl (C=O) groups is 1. The van der Waals surface area contributed by atoms with E-state index in [1.807, 2.05) is 41.6 Å². The van der Waals surface area contributed by atoms with Gasteiger partial charge in [0, 0.05) is 17.8 Å². The van der Waals surface area contributed by atoms with Crippen molar-refractivity contribution in [1.29, 1.82) is 0 Å². The van der Waals surface area contributed by atoms with Crippen LogP contribution in [0.25, 0.3) is 28.3 Å². The minimum absolute atomic E-state index is 0.333. The lowest BCUT2D eigenvalue weighted by molar-refractivity contribution is -0.109. The van der Waals surface area contributed by atoms with Crippen molar-refractivity contribution in [3.63, 3.8) is 0 Å². The summed E-state index contributed by atoms with van der Waals surface area (Å²) in [5.74, 6) is 1.85. The third-order valence-electron chi connectivity index (χ3n) is 6.06. The van der Waals surface area contributed by atoms with Gasteiger partial charge in [0.1, 0.15) is 12.0 Å². The van der Waals surface area contributed by atoms with Gasteiger partial charge in [-0.05, 0) is 55.6 Å². The van der Waals surface area contributed by atoms with Gasteiger partial charge in [-0.25, -0.2) is 4.98 Å². The first-order valence-electron chi connectivity index (χ1n) is 12.7. The molecule has 194 valence electrons. The van der Waals surface area contributed by atoms with Crippen LogP contribution in [0.15, 0.2) is 54.9 Å². The maximum Gasteiger partial charge on any atom is 0.213 e. The smallest absolute Gasteiger partial charge is 0.213 e. The quantitative estimate of drug-likeness (QED) is 0.268. The molecule has 0 saturated heterocycles. The molecule has 0 atom stereocenters. The maximum atomic E-state index is 11.2. The van der Waals surface area contributed by atoms with Crippen LogP contribution in [0.3, 0.4) is 0 Å². The lowest BCUT2D eigenvalue weighted by Crippen LogP contribution is -2.27. The fourth-order valence-electron chi connectivity index (χ4n) is 4.09. The number of methoxy groups -OCH3 is 1. The fraction of sp³-hybridized carbons (Fsp3) is 0.345. The van der Waals surface area contributed by atoms with Crippen molar-refractivity contribution >= 4 is 6.29 Å². The van der Waals surface area contributed by atoms with E-state index in [4.69, 9.17) is 9.72 Å². The van der Waals surface area contributed by atoms with Crippen LogP contribution in [0, 0.1) is 13.8 Å². The highest BCUT2D eigenvalue weighted by Gasteiger charge is 2.19. The van der Waals surface area contributed by atoms with Gasteiger partial charge in [-0.15, -0.1) is 10.2 Å². The van der Waals surface area contributed by atoms with Gasteiger partial charge in [0.15, 0.2) is 11.6 Å². The van der Waals surface area contributed by atoms with Crippen LogP contribution in [-0.4, -0.2) is 56.1 Å². The first-order valence-corrected chi connectivity index (χ1v) is 12.7. The molecule has 1 aromatic carbocycles. The summed E-state index contributed by atoms with van der Waals surface area (Å²) in [6.07, 6.45) is 5.45. The summed E-state index contributed by atoms with van der Waals surface area (Å²) in [4.78, 5) is 22.4. The second-order valence-corrected chi connectivity index (χ2v) is 8.42. The summed E-state index contributed by atoms with van der Waals surface area (Å²) in [5.41, 5.74) is 6.19. The second-order valence-electron chi connectivity index (χ2n) is 8.42. The maximum absolute atomic E-state index is 11.2. The number of nitrogens with zero attached hydrogens (tertiary/aromatic N) is 6. The van der Waals surface area contributed by atoms with Gasteiger partial charge in [0.25, 0.3) is 0 Å². The Morgan fingerprint density at radius 3 is 2.43 bits per heavy atom. The predicted octanol–water partition coefficient (Wildman–Crippen LogP) is 5.45. The van der Waals surface area contributed by atoms with Crippen LogP contribution in [-0.2, 0) is 11.3 Å². The second kappa shape index (κ2) is 13.4. The van der Waals surface area contributed by atoms with Crippen molar-refractivity contribution in [3.8, 4) is 34.2 Å². The normalized spacial score (nSPS) is 10.7. The van der Waals surface area contributed by atoms with Gasteiger partial charge in [-0.1, -0.05) is 45.0 Å². The summed E-state index contributed by atoms with van der Waals surface area (Å²) in [5, 5.41) is 8.97. The van der Waals surface area contributed by atoms with Gasteiger partial charge in [-0.2, -0.15) is 0 Å². The molecule has 0 N–H and O–H groups in total. The number of carbonyl (C=O) groups excluding carboxylic acids is 1. The summed E-state index contributed by atoms with van der Waals surface area (Å²) in [6.45, 7) is 11.9. The molecule has 4 rings (SSSR count). The summed E-state index contributed by atoms with van der Waals surface area (Å²) in [7, 11) is 1.58. The number of pyridine rings is 2. The van der Waals surface area contributed by atoms with Crippen LogP contribution >= 0.6 is 0 Å². The van der Waals surface area contributed by atoms with Crippen molar-refractivity contribution < 1.29 is 9.53 Å². The van der Waals surface area contributed by atoms with E-state index in [0.717, 1.165) is 36.1 Å². The number of aromatic nitrogens is 5. The summed E-state index contributed by atoms with van der Waals surface area (Å²) in [6, 6.07) is 14.0. The molecule has 0 aliphatic heterocycles. The Balaban J connectivity index is 0.00000186. The van der Waals surface area contributed by atoms with Crippen LogP contribution in [0.5, 0.6) is 5.88 Å². The molecule has 0 saturated carbocycles. The number of ether oxygens (including phenoxy) is 1. The summed E-state index contributed by atoms with van der Waals surface area (Å²) >= 11 is 0. The SMILES string of the molecule is CC.CCCN(CC=O)Cc1nnc(-c2ccc(-c3cccc(C)c3C)cn2)n1-c1ccc(OC)nc1. The number of rotatable bonds is 10. The van der Waals surface area contributed by atoms with Crippen LogP contribution in [0.1, 0.15) is 44.1 Å². The van der Waals surface area contributed by atoms with Gasteiger partial charge in [-0.3, -0.25) is 14.5 Å². The molecule has 0 fully saturated rings. The molecule has 8 nitrogen and oxygen atoms in total. The summed E-state index contributed by atoms with van der Waals surface area (Å²) < 4.78 is 7.17. The van der Waals surface area contributed by atoms with E-state index >= 15 is 0 Å². The van der Waals surface area contributed by atoms with Gasteiger partial charge in [0.2, 0.25) is 5.88 Å².